The molecule has 1 aliphatic rings. The normalized spacial score (nSPS) is 15.3. The van der Waals surface area contributed by atoms with E-state index < -0.39 is 21.9 Å². The molecule has 0 radical (unpaired) electrons. The summed E-state index contributed by atoms with van der Waals surface area (Å²) in [7, 11) is -3.46. The lowest BCUT2D eigenvalue weighted by atomic mass is 10.3. The quantitative estimate of drug-likeness (QED) is 0.789. The highest BCUT2D eigenvalue weighted by molar-refractivity contribution is 7.89. The second-order valence-electron chi connectivity index (χ2n) is 5.20. The van der Waals surface area contributed by atoms with Crippen LogP contribution in [0.3, 0.4) is 0 Å². The molecule has 7 nitrogen and oxygen atoms in total. The van der Waals surface area contributed by atoms with Crippen molar-refractivity contribution in [1.29, 1.82) is 0 Å². The van der Waals surface area contributed by atoms with Crippen LogP contribution in [0.15, 0.2) is 29.2 Å². The maximum absolute atomic E-state index is 12.4. The monoisotopic (exact) mass is 340 g/mol. The number of anilines is 1. The van der Waals surface area contributed by atoms with Crippen molar-refractivity contribution < 1.29 is 22.7 Å². The van der Waals surface area contributed by atoms with Crippen molar-refractivity contribution in [3.8, 4) is 0 Å². The van der Waals surface area contributed by atoms with E-state index in [0.29, 0.717) is 18.8 Å². The average Bonchev–Trinajstić information content (AvgIpc) is 3.08. The van der Waals surface area contributed by atoms with Crippen LogP contribution in [-0.4, -0.2) is 44.3 Å². The van der Waals surface area contributed by atoms with Crippen LogP contribution in [0.25, 0.3) is 0 Å². The number of hydrogen-bond donors (Lipinski definition) is 1. The molecule has 0 spiro atoms. The van der Waals surface area contributed by atoms with Gasteiger partial charge in [0.15, 0.2) is 6.61 Å². The number of hydrogen-bond acceptors (Lipinski definition) is 5. The molecule has 0 atom stereocenters. The molecule has 1 amide bonds. The van der Waals surface area contributed by atoms with E-state index in [1.165, 1.54) is 28.6 Å². The van der Waals surface area contributed by atoms with Gasteiger partial charge in [-0.1, -0.05) is 6.92 Å². The van der Waals surface area contributed by atoms with E-state index in [1.807, 2.05) is 0 Å². The Balaban J connectivity index is 1.96. The Kier molecular flexibility index (Phi) is 5.73. The molecule has 1 saturated heterocycles. The van der Waals surface area contributed by atoms with Crippen molar-refractivity contribution in [3.05, 3.63) is 24.3 Å². The number of rotatable bonds is 6. The number of nitrogens with zero attached hydrogens (tertiary/aromatic N) is 1. The first-order valence-electron chi connectivity index (χ1n) is 7.49. The van der Waals surface area contributed by atoms with Crippen LogP contribution < -0.4 is 5.32 Å². The first-order chi connectivity index (χ1) is 10.9. The number of carbonyl (C=O) groups excluding carboxylic acids is 2. The summed E-state index contributed by atoms with van der Waals surface area (Å²) in [5.41, 5.74) is 0.447. The molecule has 1 heterocycles. The van der Waals surface area contributed by atoms with Gasteiger partial charge in [0.05, 0.1) is 4.90 Å². The molecule has 1 aromatic carbocycles. The van der Waals surface area contributed by atoms with Gasteiger partial charge in [0, 0.05) is 25.2 Å². The molecule has 1 fully saturated rings. The van der Waals surface area contributed by atoms with Gasteiger partial charge in [0.25, 0.3) is 5.91 Å². The van der Waals surface area contributed by atoms with Crippen molar-refractivity contribution in [2.45, 2.75) is 31.1 Å². The van der Waals surface area contributed by atoms with Crippen LogP contribution in [0, 0.1) is 0 Å². The first kappa shape index (κ1) is 17.4. The fourth-order valence-corrected chi connectivity index (χ4v) is 3.75. The highest BCUT2D eigenvalue weighted by Crippen LogP contribution is 2.22. The van der Waals surface area contributed by atoms with E-state index in [2.05, 4.69) is 5.32 Å². The van der Waals surface area contributed by atoms with Gasteiger partial charge in [-0.05, 0) is 37.1 Å². The molecule has 126 valence electrons. The molecular weight excluding hydrogens is 320 g/mol. The van der Waals surface area contributed by atoms with Gasteiger partial charge >= 0.3 is 5.97 Å². The largest absolute Gasteiger partial charge is 0.456 e. The Hall–Kier alpha value is -1.93. The Morgan fingerprint density at radius 3 is 2.35 bits per heavy atom. The lowest BCUT2D eigenvalue weighted by Gasteiger charge is -2.15. The number of esters is 1. The van der Waals surface area contributed by atoms with Gasteiger partial charge in [0.2, 0.25) is 10.0 Å². The zero-order chi connectivity index (χ0) is 16.9. The van der Waals surface area contributed by atoms with E-state index in [4.69, 9.17) is 4.74 Å². The van der Waals surface area contributed by atoms with E-state index in [9.17, 15) is 18.0 Å². The van der Waals surface area contributed by atoms with Crippen LogP contribution in [0.5, 0.6) is 0 Å². The van der Waals surface area contributed by atoms with Crippen molar-refractivity contribution >= 4 is 27.6 Å². The molecule has 0 aliphatic carbocycles. The van der Waals surface area contributed by atoms with Crippen molar-refractivity contribution in [1.82, 2.24) is 4.31 Å². The lowest BCUT2D eigenvalue weighted by molar-refractivity contribution is -0.146. The Labute approximate surface area is 135 Å². The lowest BCUT2D eigenvalue weighted by Crippen LogP contribution is -2.27. The predicted octanol–water partition coefficient (Wildman–Crippen LogP) is 1.36. The van der Waals surface area contributed by atoms with Crippen LogP contribution >= 0.6 is 0 Å². The maximum atomic E-state index is 12.4. The van der Waals surface area contributed by atoms with Crippen LogP contribution in [0.4, 0.5) is 5.69 Å². The van der Waals surface area contributed by atoms with E-state index in [1.54, 1.807) is 6.92 Å². The smallest absolute Gasteiger partial charge is 0.306 e. The zero-order valence-corrected chi connectivity index (χ0v) is 13.8. The second kappa shape index (κ2) is 7.56. The molecule has 23 heavy (non-hydrogen) atoms. The summed E-state index contributed by atoms with van der Waals surface area (Å²) in [5, 5.41) is 2.54. The maximum Gasteiger partial charge on any atom is 0.306 e. The van der Waals surface area contributed by atoms with Crippen LogP contribution in [0.2, 0.25) is 0 Å². The molecule has 0 bridgehead atoms. The molecule has 0 saturated carbocycles. The third-order valence-corrected chi connectivity index (χ3v) is 5.41. The van der Waals surface area contributed by atoms with E-state index >= 15 is 0 Å². The van der Waals surface area contributed by atoms with Gasteiger partial charge in [0.1, 0.15) is 0 Å². The summed E-state index contributed by atoms with van der Waals surface area (Å²) < 4.78 is 30.9. The summed E-state index contributed by atoms with van der Waals surface area (Å²) in [6.07, 6.45) is 1.96. The molecule has 2 rings (SSSR count). The SMILES string of the molecule is CCC(=O)OCC(=O)Nc1ccc(S(=O)(=O)N2CCCC2)cc1. The second-order valence-corrected chi connectivity index (χ2v) is 7.14. The first-order valence-corrected chi connectivity index (χ1v) is 8.93. The number of nitrogens with one attached hydrogen (secondary N) is 1. The summed E-state index contributed by atoms with van der Waals surface area (Å²) >= 11 is 0. The summed E-state index contributed by atoms with van der Waals surface area (Å²) in [6, 6.07) is 5.95. The van der Waals surface area contributed by atoms with Crippen molar-refractivity contribution in [2.24, 2.45) is 0 Å². The van der Waals surface area contributed by atoms with Gasteiger partial charge < -0.3 is 10.1 Å². The van der Waals surface area contributed by atoms with Gasteiger partial charge in [-0.25, -0.2) is 8.42 Å². The van der Waals surface area contributed by atoms with Gasteiger partial charge in [-0.15, -0.1) is 0 Å². The fourth-order valence-electron chi connectivity index (χ4n) is 2.23. The molecule has 0 unspecified atom stereocenters. The van der Waals surface area contributed by atoms with Crippen molar-refractivity contribution in [3.63, 3.8) is 0 Å². The summed E-state index contributed by atoms with van der Waals surface area (Å²) in [4.78, 5) is 22.8. The number of carbonyl (C=O) groups is 2. The Morgan fingerprint density at radius 1 is 1.17 bits per heavy atom. The van der Waals surface area contributed by atoms with Crippen molar-refractivity contribution in [2.75, 3.05) is 25.0 Å². The highest BCUT2D eigenvalue weighted by atomic mass is 32.2. The highest BCUT2D eigenvalue weighted by Gasteiger charge is 2.26. The minimum Gasteiger partial charge on any atom is -0.456 e. The minimum absolute atomic E-state index is 0.204. The van der Waals surface area contributed by atoms with E-state index in [-0.39, 0.29) is 17.9 Å². The molecule has 1 N–H and O–H groups in total. The number of benzene rings is 1. The average molecular weight is 340 g/mol. The van der Waals surface area contributed by atoms with Crippen LogP contribution in [0.1, 0.15) is 26.2 Å². The predicted molar refractivity (Wildman–Crippen MR) is 84.3 cm³/mol. The molecular formula is C15H20N2O5S. The number of amides is 1. The van der Waals surface area contributed by atoms with Gasteiger partial charge in [-0.3, -0.25) is 9.59 Å². The fraction of sp³-hybridized carbons (Fsp3) is 0.467. The number of ether oxygens (including phenoxy) is 1. The van der Waals surface area contributed by atoms with E-state index in [0.717, 1.165) is 12.8 Å². The Morgan fingerprint density at radius 2 is 1.78 bits per heavy atom. The summed E-state index contributed by atoms with van der Waals surface area (Å²) in [5.74, 6) is -0.922. The third-order valence-electron chi connectivity index (χ3n) is 3.49. The molecule has 8 heteroatoms. The minimum atomic E-state index is -3.46. The molecule has 1 aliphatic heterocycles. The van der Waals surface area contributed by atoms with Gasteiger partial charge in [-0.2, -0.15) is 4.31 Å². The Bertz CT molecular complexity index is 664. The van der Waals surface area contributed by atoms with Crippen LogP contribution in [-0.2, 0) is 24.3 Å². The molecule has 0 aromatic heterocycles. The molecule has 1 aromatic rings. The summed E-state index contributed by atoms with van der Waals surface area (Å²) in [6.45, 7) is 2.37. The number of sulfonamides is 1. The third kappa shape index (κ3) is 4.52. The zero-order valence-electron chi connectivity index (χ0n) is 12.9. The topological polar surface area (TPSA) is 92.8 Å². The standard InChI is InChI=1S/C15H20N2O5S/c1-2-15(19)22-11-14(18)16-12-5-7-13(8-6-12)23(20,21)17-9-3-4-10-17/h5-8H,2-4,9-11H2,1H3,(H,16,18).